The number of rotatable bonds is 3. The Labute approximate surface area is 169 Å². The first-order valence-corrected chi connectivity index (χ1v) is 9.28. The van der Waals surface area contributed by atoms with Gasteiger partial charge in [0.2, 0.25) is 11.7 Å². The van der Waals surface area contributed by atoms with Crippen molar-refractivity contribution in [2.45, 2.75) is 25.1 Å². The maximum atomic E-state index is 12.9. The standard InChI is InChI=1S/C20H15ClF3N3O2/c21-15-4-1-3-13(11-15)17-25-18(29-26-17)16-5-2-10-27(16)19(28)12-6-8-14(9-7-12)20(22,23)24/h1,3-4,6-9,11,16H,2,5,10H2. The molecule has 0 bridgehead atoms. The molecule has 1 saturated heterocycles. The summed E-state index contributed by atoms with van der Waals surface area (Å²) < 4.78 is 43.6. The predicted octanol–water partition coefficient (Wildman–Crippen LogP) is 5.39. The van der Waals surface area contributed by atoms with Gasteiger partial charge in [-0.1, -0.05) is 28.9 Å². The van der Waals surface area contributed by atoms with Crippen molar-refractivity contribution >= 4 is 17.5 Å². The van der Waals surface area contributed by atoms with E-state index in [0.717, 1.165) is 18.6 Å². The second-order valence-corrected chi connectivity index (χ2v) is 7.13. The summed E-state index contributed by atoms with van der Waals surface area (Å²) in [6.07, 6.45) is -3.09. The summed E-state index contributed by atoms with van der Waals surface area (Å²) in [4.78, 5) is 18.8. The third-order valence-electron chi connectivity index (χ3n) is 4.78. The van der Waals surface area contributed by atoms with Crippen molar-refractivity contribution in [3.05, 3.63) is 70.6 Å². The van der Waals surface area contributed by atoms with Gasteiger partial charge in [0.1, 0.15) is 6.04 Å². The Morgan fingerprint density at radius 3 is 2.62 bits per heavy atom. The summed E-state index contributed by atoms with van der Waals surface area (Å²) in [5, 5.41) is 4.51. The molecule has 1 amide bonds. The predicted molar refractivity (Wildman–Crippen MR) is 99.2 cm³/mol. The Kier molecular flexibility index (Phi) is 5.04. The fourth-order valence-electron chi connectivity index (χ4n) is 3.35. The van der Waals surface area contributed by atoms with Crippen LogP contribution in [0.25, 0.3) is 11.4 Å². The Balaban J connectivity index is 1.56. The molecule has 1 unspecified atom stereocenters. The van der Waals surface area contributed by atoms with Crippen LogP contribution in [0.2, 0.25) is 5.02 Å². The van der Waals surface area contributed by atoms with Crippen molar-refractivity contribution in [3.8, 4) is 11.4 Å². The molecule has 1 aliphatic rings. The van der Waals surface area contributed by atoms with Crippen LogP contribution in [0, 0.1) is 0 Å². The van der Waals surface area contributed by atoms with Crippen LogP contribution in [0.5, 0.6) is 0 Å². The molecule has 0 aliphatic carbocycles. The Morgan fingerprint density at radius 2 is 1.93 bits per heavy atom. The van der Waals surface area contributed by atoms with Gasteiger partial charge in [0.25, 0.3) is 5.91 Å². The third-order valence-corrected chi connectivity index (χ3v) is 5.02. The van der Waals surface area contributed by atoms with Crippen molar-refractivity contribution in [1.82, 2.24) is 15.0 Å². The van der Waals surface area contributed by atoms with Gasteiger partial charge in [0.05, 0.1) is 5.56 Å². The molecule has 5 nitrogen and oxygen atoms in total. The molecular formula is C20H15ClF3N3O2. The van der Waals surface area contributed by atoms with Crippen LogP contribution in [0.1, 0.15) is 40.7 Å². The van der Waals surface area contributed by atoms with Crippen LogP contribution < -0.4 is 0 Å². The molecule has 0 radical (unpaired) electrons. The molecule has 1 aliphatic heterocycles. The number of halogens is 4. The number of aromatic nitrogens is 2. The lowest BCUT2D eigenvalue weighted by atomic mass is 10.1. The van der Waals surface area contributed by atoms with Crippen molar-refractivity contribution in [2.75, 3.05) is 6.54 Å². The van der Waals surface area contributed by atoms with E-state index < -0.39 is 17.8 Å². The van der Waals surface area contributed by atoms with Gasteiger partial charge >= 0.3 is 6.18 Å². The highest BCUT2D eigenvalue weighted by Gasteiger charge is 2.35. The number of likely N-dealkylation sites (tertiary alicyclic amines) is 1. The highest BCUT2D eigenvalue weighted by atomic mass is 35.5. The highest BCUT2D eigenvalue weighted by Crippen LogP contribution is 2.34. The minimum atomic E-state index is -4.45. The van der Waals surface area contributed by atoms with Gasteiger partial charge in [-0.15, -0.1) is 0 Å². The van der Waals surface area contributed by atoms with Gasteiger partial charge in [0, 0.05) is 22.7 Å². The number of amides is 1. The summed E-state index contributed by atoms with van der Waals surface area (Å²) in [7, 11) is 0. The lowest BCUT2D eigenvalue weighted by Crippen LogP contribution is -2.30. The van der Waals surface area contributed by atoms with E-state index in [2.05, 4.69) is 10.1 Å². The maximum Gasteiger partial charge on any atom is 0.416 e. The molecule has 0 spiro atoms. The van der Waals surface area contributed by atoms with E-state index in [4.69, 9.17) is 16.1 Å². The van der Waals surface area contributed by atoms with E-state index in [9.17, 15) is 18.0 Å². The van der Waals surface area contributed by atoms with Crippen LogP contribution in [0.3, 0.4) is 0 Å². The maximum absolute atomic E-state index is 12.9. The van der Waals surface area contributed by atoms with E-state index in [-0.39, 0.29) is 17.4 Å². The van der Waals surface area contributed by atoms with Crippen molar-refractivity contribution in [2.24, 2.45) is 0 Å². The first-order chi connectivity index (χ1) is 13.8. The monoisotopic (exact) mass is 421 g/mol. The summed E-state index contributed by atoms with van der Waals surface area (Å²) in [6.45, 7) is 0.458. The van der Waals surface area contributed by atoms with E-state index in [1.807, 2.05) is 0 Å². The van der Waals surface area contributed by atoms with Crippen molar-refractivity contribution in [1.29, 1.82) is 0 Å². The van der Waals surface area contributed by atoms with Crippen LogP contribution in [0.15, 0.2) is 53.1 Å². The molecule has 1 atom stereocenters. The van der Waals surface area contributed by atoms with E-state index in [1.165, 1.54) is 12.1 Å². The van der Waals surface area contributed by atoms with Gasteiger partial charge in [-0.3, -0.25) is 4.79 Å². The molecule has 150 valence electrons. The lowest BCUT2D eigenvalue weighted by Gasteiger charge is -2.22. The number of carbonyl (C=O) groups excluding carboxylic acids is 1. The zero-order valence-corrected chi connectivity index (χ0v) is 15.7. The average Bonchev–Trinajstić information content (AvgIpc) is 3.36. The molecule has 9 heteroatoms. The number of carbonyl (C=O) groups is 1. The SMILES string of the molecule is O=C(c1ccc(C(F)(F)F)cc1)N1CCCC1c1nc(-c2cccc(Cl)c2)no1. The summed E-state index contributed by atoms with van der Waals surface area (Å²) in [5.41, 5.74) is 0.0701. The fourth-order valence-corrected chi connectivity index (χ4v) is 3.54. The summed E-state index contributed by atoms with van der Waals surface area (Å²) in [6, 6.07) is 10.8. The molecule has 0 saturated carbocycles. The van der Waals surface area contributed by atoms with E-state index in [1.54, 1.807) is 29.2 Å². The van der Waals surface area contributed by atoms with Crippen molar-refractivity contribution in [3.63, 3.8) is 0 Å². The largest absolute Gasteiger partial charge is 0.416 e. The fraction of sp³-hybridized carbons (Fsp3) is 0.250. The lowest BCUT2D eigenvalue weighted by molar-refractivity contribution is -0.137. The van der Waals surface area contributed by atoms with Gasteiger partial charge in [-0.05, 0) is 49.2 Å². The molecule has 2 heterocycles. The average molecular weight is 422 g/mol. The molecule has 0 N–H and O–H groups in total. The minimum Gasteiger partial charge on any atom is -0.337 e. The molecule has 1 fully saturated rings. The number of alkyl halides is 3. The van der Waals surface area contributed by atoms with Gasteiger partial charge in [-0.2, -0.15) is 18.2 Å². The van der Waals surface area contributed by atoms with Gasteiger partial charge in [0.15, 0.2) is 0 Å². The quantitative estimate of drug-likeness (QED) is 0.569. The second-order valence-electron chi connectivity index (χ2n) is 6.70. The summed E-state index contributed by atoms with van der Waals surface area (Å²) >= 11 is 5.99. The van der Waals surface area contributed by atoms with Crippen molar-refractivity contribution < 1.29 is 22.5 Å². The van der Waals surface area contributed by atoms with Gasteiger partial charge in [-0.25, -0.2) is 0 Å². The summed E-state index contributed by atoms with van der Waals surface area (Å²) in [5.74, 6) is 0.276. The molecule has 2 aromatic carbocycles. The van der Waals surface area contributed by atoms with Crippen LogP contribution in [0.4, 0.5) is 13.2 Å². The second kappa shape index (κ2) is 7.51. The Bertz CT molecular complexity index is 1030. The third kappa shape index (κ3) is 3.98. The van der Waals surface area contributed by atoms with Crippen LogP contribution >= 0.6 is 11.6 Å². The first kappa shape index (κ1) is 19.4. The number of hydrogen-bond donors (Lipinski definition) is 0. The Morgan fingerprint density at radius 1 is 1.17 bits per heavy atom. The molecule has 1 aromatic heterocycles. The van der Waals surface area contributed by atoms with Gasteiger partial charge < -0.3 is 9.42 Å². The zero-order valence-electron chi connectivity index (χ0n) is 15.0. The molecule has 4 rings (SSSR count). The van der Waals surface area contributed by atoms with Crippen LogP contribution in [-0.4, -0.2) is 27.5 Å². The molecule has 29 heavy (non-hydrogen) atoms. The topological polar surface area (TPSA) is 59.2 Å². The van der Waals surface area contributed by atoms with E-state index >= 15 is 0 Å². The van der Waals surface area contributed by atoms with E-state index in [0.29, 0.717) is 29.4 Å². The first-order valence-electron chi connectivity index (χ1n) is 8.91. The number of hydrogen-bond acceptors (Lipinski definition) is 4. The normalized spacial score (nSPS) is 17.0. The molecule has 3 aromatic rings. The number of nitrogens with zero attached hydrogens (tertiary/aromatic N) is 3. The minimum absolute atomic E-state index is 0.180. The number of benzene rings is 2. The smallest absolute Gasteiger partial charge is 0.337 e. The zero-order chi connectivity index (χ0) is 20.6. The Hall–Kier alpha value is -2.87. The molecular weight excluding hydrogens is 407 g/mol. The van der Waals surface area contributed by atoms with Crippen LogP contribution in [-0.2, 0) is 6.18 Å². The highest BCUT2D eigenvalue weighted by molar-refractivity contribution is 6.30.